The lowest BCUT2D eigenvalue weighted by atomic mass is 10.1. The van der Waals surface area contributed by atoms with Gasteiger partial charge in [-0.2, -0.15) is 0 Å². The summed E-state index contributed by atoms with van der Waals surface area (Å²) in [6.45, 7) is 6.86. The molecule has 0 atom stereocenters. The van der Waals surface area contributed by atoms with Crippen molar-refractivity contribution < 1.29 is 9.18 Å². The van der Waals surface area contributed by atoms with Crippen molar-refractivity contribution in [2.75, 3.05) is 39.3 Å². The number of aryl methyl sites for hydroxylation is 1. The molecule has 0 spiro atoms. The first-order valence-corrected chi connectivity index (χ1v) is 7.12. The molecule has 1 amide bonds. The third-order valence-corrected chi connectivity index (χ3v) is 3.73. The summed E-state index contributed by atoms with van der Waals surface area (Å²) in [5.74, 6) is -0.745. The predicted molar refractivity (Wildman–Crippen MR) is 77.8 cm³/mol. The number of rotatable bonds is 4. The van der Waals surface area contributed by atoms with Crippen molar-refractivity contribution in [1.29, 1.82) is 0 Å². The SMILES string of the molecule is Cc1cc(Cl)c(C(=O)NCCN2CCNCC2)cc1F. The molecular weight excluding hydrogens is 281 g/mol. The summed E-state index contributed by atoms with van der Waals surface area (Å²) in [6, 6.07) is 2.67. The van der Waals surface area contributed by atoms with Crippen LogP contribution in [-0.4, -0.2) is 50.1 Å². The molecule has 110 valence electrons. The Hall–Kier alpha value is -1.17. The van der Waals surface area contributed by atoms with Gasteiger partial charge in [-0.15, -0.1) is 0 Å². The maximum absolute atomic E-state index is 13.5. The standard InChI is InChI=1S/C14H19ClFN3O/c1-10-8-12(15)11(9-13(10)16)14(20)18-4-7-19-5-2-17-3-6-19/h8-9,17H,2-7H2,1H3,(H,18,20). The zero-order chi connectivity index (χ0) is 14.5. The van der Waals surface area contributed by atoms with Crippen LogP contribution in [0.25, 0.3) is 0 Å². The monoisotopic (exact) mass is 299 g/mol. The van der Waals surface area contributed by atoms with Crippen LogP contribution in [0.5, 0.6) is 0 Å². The van der Waals surface area contributed by atoms with Gasteiger partial charge in [-0.05, 0) is 24.6 Å². The Bertz CT molecular complexity index is 490. The van der Waals surface area contributed by atoms with Crippen molar-refractivity contribution in [1.82, 2.24) is 15.5 Å². The number of nitrogens with one attached hydrogen (secondary N) is 2. The maximum Gasteiger partial charge on any atom is 0.252 e. The molecule has 1 saturated heterocycles. The molecule has 2 rings (SSSR count). The fourth-order valence-electron chi connectivity index (χ4n) is 2.18. The first kappa shape index (κ1) is 15.2. The van der Waals surface area contributed by atoms with Crippen LogP contribution in [0.15, 0.2) is 12.1 Å². The molecule has 1 aromatic rings. The molecule has 0 radical (unpaired) electrons. The van der Waals surface area contributed by atoms with Crippen molar-refractivity contribution in [2.45, 2.75) is 6.92 Å². The highest BCUT2D eigenvalue weighted by atomic mass is 35.5. The van der Waals surface area contributed by atoms with Gasteiger partial charge < -0.3 is 10.6 Å². The quantitative estimate of drug-likeness (QED) is 0.884. The summed E-state index contributed by atoms with van der Waals surface area (Å²) in [5.41, 5.74) is 0.627. The minimum absolute atomic E-state index is 0.190. The Morgan fingerprint density at radius 3 is 2.85 bits per heavy atom. The van der Waals surface area contributed by atoms with E-state index in [9.17, 15) is 9.18 Å². The number of halogens is 2. The second kappa shape index (κ2) is 7.02. The lowest BCUT2D eigenvalue weighted by Gasteiger charge is -2.27. The van der Waals surface area contributed by atoms with E-state index in [1.807, 2.05) is 0 Å². The smallest absolute Gasteiger partial charge is 0.252 e. The minimum atomic E-state index is -0.415. The molecule has 1 aliphatic rings. The van der Waals surface area contributed by atoms with Crippen LogP contribution in [0.4, 0.5) is 4.39 Å². The Morgan fingerprint density at radius 1 is 1.45 bits per heavy atom. The van der Waals surface area contributed by atoms with Crippen molar-refractivity contribution >= 4 is 17.5 Å². The fraction of sp³-hybridized carbons (Fsp3) is 0.500. The zero-order valence-electron chi connectivity index (χ0n) is 11.5. The molecule has 2 N–H and O–H groups in total. The zero-order valence-corrected chi connectivity index (χ0v) is 12.3. The van der Waals surface area contributed by atoms with Gasteiger partial charge in [0, 0.05) is 39.3 Å². The molecule has 20 heavy (non-hydrogen) atoms. The fourth-order valence-corrected chi connectivity index (χ4v) is 2.48. The van der Waals surface area contributed by atoms with E-state index >= 15 is 0 Å². The van der Waals surface area contributed by atoms with Crippen molar-refractivity contribution in [3.63, 3.8) is 0 Å². The predicted octanol–water partition coefficient (Wildman–Crippen LogP) is 1.42. The Balaban J connectivity index is 1.87. The van der Waals surface area contributed by atoms with Gasteiger partial charge in [0.15, 0.2) is 0 Å². The molecule has 0 aromatic heterocycles. The molecule has 0 bridgehead atoms. The van der Waals surface area contributed by atoms with E-state index in [1.54, 1.807) is 6.92 Å². The second-order valence-electron chi connectivity index (χ2n) is 4.93. The summed E-state index contributed by atoms with van der Waals surface area (Å²) in [7, 11) is 0. The first-order chi connectivity index (χ1) is 9.58. The number of carbonyl (C=O) groups is 1. The van der Waals surface area contributed by atoms with Gasteiger partial charge in [-0.1, -0.05) is 11.6 Å². The third-order valence-electron chi connectivity index (χ3n) is 3.42. The normalized spacial score (nSPS) is 16.1. The summed E-state index contributed by atoms with van der Waals surface area (Å²) in [4.78, 5) is 14.2. The first-order valence-electron chi connectivity index (χ1n) is 6.75. The van der Waals surface area contributed by atoms with Gasteiger partial charge >= 0.3 is 0 Å². The van der Waals surface area contributed by atoms with Gasteiger partial charge in [-0.25, -0.2) is 4.39 Å². The van der Waals surface area contributed by atoms with Crippen LogP contribution in [0, 0.1) is 12.7 Å². The van der Waals surface area contributed by atoms with Crippen LogP contribution < -0.4 is 10.6 Å². The molecule has 1 aliphatic heterocycles. The second-order valence-corrected chi connectivity index (χ2v) is 5.34. The third kappa shape index (κ3) is 3.91. The van der Waals surface area contributed by atoms with Gasteiger partial charge in [0.05, 0.1) is 10.6 Å². The van der Waals surface area contributed by atoms with Crippen molar-refractivity contribution in [3.05, 3.63) is 34.1 Å². The molecule has 0 aliphatic carbocycles. The largest absolute Gasteiger partial charge is 0.351 e. The van der Waals surface area contributed by atoms with E-state index in [1.165, 1.54) is 12.1 Å². The van der Waals surface area contributed by atoms with Gasteiger partial charge in [-0.3, -0.25) is 9.69 Å². The highest BCUT2D eigenvalue weighted by Crippen LogP contribution is 2.20. The van der Waals surface area contributed by atoms with Crippen molar-refractivity contribution in [3.8, 4) is 0 Å². The van der Waals surface area contributed by atoms with Crippen LogP contribution in [0.2, 0.25) is 5.02 Å². The molecule has 6 heteroatoms. The highest BCUT2D eigenvalue weighted by molar-refractivity contribution is 6.33. The molecule has 1 aromatic carbocycles. The average molecular weight is 300 g/mol. The van der Waals surface area contributed by atoms with Crippen LogP contribution >= 0.6 is 11.6 Å². The molecule has 1 fully saturated rings. The highest BCUT2D eigenvalue weighted by Gasteiger charge is 2.14. The van der Waals surface area contributed by atoms with Gasteiger partial charge in [0.2, 0.25) is 0 Å². The van der Waals surface area contributed by atoms with E-state index < -0.39 is 5.82 Å². The van der Waals surface area contributed by atoms with Crippen LogP contribution in [-0.2, 0) is 0 Å². The molecule has 4 nitrogen and oxygen atoms in total. The van der Waals surface area contributed by atoms with E-state index in [-0.39, 0.29) is 16.5 Å². The number of carbonyl (C=O) groups excluding carboxylic acids is 1. The number of hydrogen-bond donors (Lipinski definition) is 2. The van der Waals surface area contributed by atoms with E-state index in [0.29, 0.717) is 12.1 Å². The number of benzene rings is 1. The maximum atomic E-state index is 13.5. The summed E-state index contributed by atoms with van der Waals surface area (Å²) in [6.07, 6.45) is 0. The van der Waals surface area contributed by atoms with Crippen LogP contribution in [0.3, 0.4) is 0 Å². The van der Waals surface area contributed by atoms with Crippen molar-refractivity contribution in [2.24, 2.45) is 0 Å². The molecular formula is C14H19ClFN3O. The van der Waals surface area contributed by atoms with E-state index in [0.717, 1.165) is 32.7 Å². The Labute approximate surface area is 123 Å². The molecule has 1 heterocycles. The summed E-state index contributed by atoms with van der Waals surface area (Å²) in [5, 5.41) is 6.33. The summed E-state index contributed by atoms with van der Waals surface area (Å²) >= 11 is 5.98. The lowest BCUT2D eigenvalue weighted by Crippen LogP contribution is -2.46. The van der Waals surface area contributed by atoms with E-state index in [4.69, 9.17) is 11.6 Å². The topological polar surface area (TPSA) is 44.4 Å². The Morgan fingerprint density at radius 2 is 2.15 bits per heavy atom. The molecule has 0 unspecified atom stereocenters. The molecule has 0 saturated carbocycles. The minimum Gasteiger partial charge on any atom is -0.351 e. The number of piperazine rings is 1. The Kier molecular flexibility index (Phi) is 5.34. The van der Waals surface area contributed by atoms with Gasteiger partial charge in [0.1, 0.15) is 5.82 Å². The van der Waals surface area contributed by atoms with Crippen LogP contribution in [0.1, 0.15) is 15.9 Å². The number of hydrogen-bond acceptors (Lipinski definition) is 3. The summed E-state index contributed by atoms with van der Waals surface area (Å²) < 4.78 is 13.5. The number of nitrogens with zero attached hydrogens (tertiary/aromatic N) is 1. The average Bonchev–Trinajstić information content (AvgIpc) is 2.44. The lowest BCUT2D eigenvalue weighted by molar-refractivity contribution is 0.0947. The van der Waals surface area contributed by atoms with Gasteiger partial charge in [0.25, 0.3) is 5.91 Å². The van der Waals surface area contributed by atoms with E-state index in [2.05, 4.69) is 15.5 Å². The number of amides is 1.